The van der Waals surface area contributed by atoms with Gasteiger partial charge in [-0.1, -0.05) is 43.9 Å². The number of methoxy groups -OCH3 is 1. The first kappa shape index (κ1) is 17.7. The van der Waals surface area contributed by atoms with Crippen LogP contribution in [0.5, 0.6) is 17.2 Å². The number of benzene rings is 2. The van der Waals surface area contributed by atoms with Gasteiger partial charge in [-0.05, 0) is 43.0 Å². The molecule has 2 aromatic rings. The van der Waals surface area contributed by atoms with Gasteiger partial charge in [0.1, 0.15) is 5.75 Å². The van der Waals surface area contributed by atoms with E-state index in [2.05, 4.69) is 6.92 Å². The number of unbranched alkanes of at least 4 members (excludes halogenated alkanes) is 3. The summed E-state index contributed by atoms with van der Waals surface area (Å²) in [4.78, 5) is 0. The molecule has 0 aromatic heterocycles. The second-order valence-electron chi connectivity index (χ2n) is 5.55. The maximum Gasteiger partial charge on any atom is 0.169 e. The highest BCUT2D eigenvalue weighted by Crippen LogP contribution is 2.37. The van der Waals surface area contributed by atoms with Crippen LogP contribution in [0.25, 0.3) is 10.8 Å². The molecular weight excluding hydrogens is 312 g/mol. The lowest BCUT2D eigenvalue weighted by molar-refractivity contribution is 0.282. The van der Waals surface area contributed by atoms with Crippen LogP contribution < -0.4 is 14.2 Å². The molecule has 0 spiro atoms. The Morgan fingerprint density at radius 1 is 1.09 bits per heavy atom. The minimum absolute atomic E-state index is 0.410. The average molecular weight is 337 g/mol. The van der Waals surface area contributed by atoms with E-state index in [9.17, 15) is 0 Å². The maximum atomic E-state index is 5.91. The number of alkyl halides is 1. The van der Waals surface area contributed by atoms with E-state index in [1.54, 1.807) is 14.0 Å². The van der Waals surface area contributed by atoms with Gasteiger partial charge in [-0.15, -0.1) is 0 Å². The third kappa shape index (κ3) is 4.93. The fraction of sp³-hybridized carbons (Fsp3) is 0.474. The Morgan fingerprint density at radius 2 is 1.91 bits per heavy atom. The van der Waals surface area contributed by atoms with Crippen molar-refractivity contribution in [3.63, 3.8) is 0 Å². The highest BCUT2D eigenvalue weighted by atomic mass is 35.5. The number of ether oxygens (including phenoxy) is 3. The molecule has 0 aliphatic carbocycles. The first-order valence-corrected chi connectivity index (χ1v) is 8.63. The topological polar surface area (TPSA) is 27.7 Å². The third-order valence-corrected chi connectivity index (χ3v) is 3.75. The van der Waals surface area contributed by atoms with Crippen molar-refractivity contribution < 1.29 is 14.2 Å². The monoisotopic (exact) mass is 336 g/mol. The quantitative estimate of drug-likeness (QED) is 0.429. The Hall–Kier alpha value is -1.61. The Morgan fingerprint density at radius 3 is 2.61 bits per heavy atom. The van der Waals surface area contributed by atoms with E-state index in [0.29, 0.717) is 11.5 Å². The van der Waals surface area contributed by atoms with Gasteiger partial charge in [-0.25, -0.2) is 0 Å². The smallest absolute Gasteiger partial charge is 0.169 e. The van der Waals surface area contributed by atoms with E-state index in [1.165, 1.54) is 19.3 Å². The molecule has 0 saturated heterocycles. The molecule has 3 nitrogen and oxygen atoms in total. The highest BCUT2D eigenvalue weighted by Gasteiger charge is 2.12. The fourth-order valence-corrected chi connectivity index (χ4v) is 2.64. The molecule has 0 amide bonds. The summed E-state index contributed by atoms with van der Waals surface area (Å²) < 4.78 is 16.9. The molecular formula is C19H25ClO3. The number of hydrogen-bond acceptors (Lipinski definition) is 3. The summed E-state index contributed by atoms with van der Waals surface area (Å²) in [5, 5.41) is 2.04. The van der Waals surface area contributed by atoms with Crippen molar-refractivity contribution in [3.8, 4) is 17.2 Å². The number of rotatable bonds is 9. The molecule has 0 aliphatic heterocycles. The molecule has 0 aliphatic rings. The van der Waals surface area contributed by atoms with Crippen LogP contribution >= 0.6 is 11.6 Å². The summed E-state index contributed by atoms with van der Waals surface area (Å²) >= 11 is 5.91. The van der Waals surface area contributed by atoms with Crippen molar-refractivity contribution in [2.75, 3.05) is 13.7 Å². The third-order valence-electron chi connectivity index (χ3n) is 3.67. The number of fused-ring (bicyclic) bond motifs is 1. The normalized spacial score (nSPS) is 12.2. The van der Waals surface area contributed by atoms with Gasteiger partial charge in [0, 0.05) is 5.39 Å². The minimum Gasteiger partial charge on any atom is -0.494 e. The molecule has 1 atom stereocenters. The van der Waals surface area contributed by atoms with Crippen LogP contribution in [0.1, 0.15) is 39.5 Å². The van der Waals surface area contributed by atoms with E-state index >= 15 is 0 Å². The molecule has 2 rings (SSSR count). The maximum absolute atomic E-state index is 5.91. The van der Waals surface area contributed by atoms with Crippen LogP contribution in [-0.4, -0.2) is 19.3 Å². The summed E-state index contributed by atoms with van der Waals surface area (Å²) in [7, 11) is 1.64. The largest absolute Gasteiger partial charge is 0.494 e. The van der Waals surface area contributed by atoms with Crippen molar-refractivity contribution in [3.05, 3.63) is 30.3 Å². The lowest BCUT2D eigenvalue weighted by atomic mass is 10.1. The predicted octanol–water partition coefficient (Wildman–Crippen LogP) is 5.77. The van der Waals surface area contributed by atoms with Gasteiger partial charge in [0.05, 0.1) is 13.7 Å². The van der Waals surface area contributed by atoms with E-state index < -0.39 is 5.56 Å². The van der Waals surface area contributed by atoms with Gasteiger partial charge in [0.2, 0.25) is 0 Å². The highest BCUT2D eigenvalue weighted by molar-refractivity contribution is 6.19. The predicted molar refractivity (Wildman–Crippen MR) is 96.1 cm³/mol. The van der Waals surface area contributed by atoms with Crippen LogP contribution in [0.3, 0.4) is 0 Å². The molecule has 0 radical (unpaired) electrons. The molecule has 0 bridgehead atoms. The lowest BCUT2D eigenvalue weighted by Crippen LogP contribution is -2.04. The van der Waals surface area contributed by atoms with Crippen LogP contribution in [0.4, 0.5) is 0 Å². The molecule has 0 N–H and O–H groups in total. The molecule has 4 heteroatoms. The summed E-state index contributed by atoms with van der Waals surface area (Å²) in [6.45, 7) is 4.74. The molecule has 23 heavy (non-hydrogen) atoms. The van der Waals surface area contributed by atoms with Crippen molar-refractivity contribution in [1.82, 2.24) is 0 Å². The van der Waals surface area contributed by atoms with Crippen molar-refractivity contribution in [2.45, 2.75) is 45.1 Å². The molecule has 2 aromatic carbocycles. The zero-order valence-corrected chi connectivity index (χ0v) is 14.9. The second-order valence-corrected chi connectivity index (χ2v) is 6.16. The van der Waals surface area contributed by atoms with Gasteiger partial charge >= 0.3 is 0 Å². The van der Waals surface area contributed by atoms with Gasteiger partial charge in [0.25, 0.3) is 0 Å². The summed E-state index contributed by atoms with van der Waals surface area (Å²) in [6.07, 6.45) is 4.81. The summed E-state index contributed by atoms with van der Waals surface area (Å²) in [5.74, 6) is 2.23. The Kier molecular flexibility index (Phi) is 6.85. The summed E-state index contributed by atoms with van der Waals surface area (Å²) in [6, 6.07) is 9.88. The van der Waals surface area contributed by atoms with Gasteiger partial charge in [-0.3, -0.25) is 0 Å². The minimum atomic E-state index is -0.410. The van der Waals surface area contributed by atoms with E-state index in [-0.39, 0.29) is 0 Å². The first-order valence-electron chi connectivity index (χ1n) is 8.20. The molecule has 0 saturated carbocycles. The van der Waals surface area contributed by atoms with Crippen molar-refractivity contribution >= 4 is 22.4 Å². The summed E-state index contributed by atoms with van der Waals surface area (Å²) in [5.41, 5.74) is -0.410. The van der Waals surface area contributed by atoms with E-state index in [1.807, 2.05) is 30.3 Å². The standard InChI is InChI=1S/C19H25ClO3/c1-4-5-6-7-12-22-16-9-10-17-15(13-16)8-11-18(19(17)21-3)23-14(2)20/h8-11,13-14H,4-7,12H2,1-3H3. The number of hydrogen-bond donors (Lipinski definition) is 0. The second kappa shape index (κ2) is 8.88. The van der Waals surface area contributed by atoms with Gasteiger partial charge in [0.15, 0.2) is 17.1 Å². The zero-order valence-electron chi connectivity index (χ0n) is 14.1. The fourth-order valence-electron chi connectivity index (χ4n) is 2.55. The zero-order chi connectivity index (χ0) is 16.7. The molecule has 126 valence electrons. The van der Waals surface area contributed by atoms with Crippen LogP contribution in [-0.2, 0) is 0 Å². The van der Waals surface area contributed by atoms with E-state index in [4.69, 9.17) is 25.8 Å². The Bertz CT molecular complexity index is 625. The van der Waals surface area contributed by atoms with Crippen molar-refractivity contribution in [2.24, 2.45) is 0 Å². The first-order chi connectivity index (χ1) is 11.2. The average Bonchev–Trinajstić information content (AvgIpc) is 2.54. The van der Waals surface area contributed by atoms with Crippen molar-refractivity contribution in [1.29, 1.82) is 0 Å². The van der Waals surface area contributed by atoms with Crippen LogP contribution in [0.15, 0.2) is 30.3 Å². The van der Waals surface area contributed by atoms with Crippen LogP contribution in [0.2, 0.25) is 0 Å². The SMILES string of the molecule is CCCCCCOc1ccc2c(OC)c(OC(C)Cl)ccc2c1. The van der Waals surface area contributed by atoms with E-state index in [0.717, 1.165) is 29.5 Å². The molecule has 0 fully saturated rings. The Balaban J connectivity index is 2.14. The molecule has 0 heterocycles. The number of halogens is 1. The molecule has 1 unspecified atom stereocenters. The van der Waals surface area contributed by atoms with Gasteiger partial charge in [-0.2, -0.15) is 0 Å². The van der Waals surface area contributed by atoms with Gasteiger partial charge < -0.3 is 14.2 Å². The Labute approximate surface area is 143 Å². The van der Waals surface area contributed by atoms with Crippen LogP contribution in [0, 0.1) is 0 Å². The lowest BCUT2D eigenvalue weighted by Gasteiger charge is -2.15.